The zero-order valence-corrected chi connectivity index (χ0v) is 13.6. The molecule has 0 amide bonds. The molecule has 0 aromatic rings. The van der Waals surface area contributed by atoms with Crippen molar-refractivity contribution < 1.29 is 14.7 Å². The van der Waals surface area contributed by atoms with Gasteiger partial charge in [0, 0.05) is 19.3 Å². The van der Waals surface area contributed by atoms with Crippen LogP contribution in [0.25, 0.3) is 0 Å². The summed E-state index contributed by atoms with van der Waals surface area (Å²) in [4.78, 5) is 22.0. The van der Waals surface area contributed by atoms with Crippen LogP contribution >= 0.6 is 0 Å². The van der Waals surface area contributed by atoms with E-state index in [0.717, 1.165) is 51.4 Å². The summed E-state index contributed by atoms with van der Waals surface area (Å²) in [7, 11) is 0. The van der Waals surface area contributed by atoms with Gasteiger partial charge < -0.3 is 5.11 Å². The Balaban J connectivity index is 3.27. The highest BCUT2D eigenvalue weighted by Gasteiger charge is 2.01. The van der Waals surface area contributed by atoms with E-state index < -0.39 is 5.97 Å². The lowest BCUT2D eigenvalue weighted by molar-refractivity contribution is -0.137. The Morgan fingerprint density at radius 2 is 1.29 bits per heavy atom. The summed E-state index contributed by atoms with van der Waals surface area (Å²) in [6.07, 6.45) is 16.5. The van der Waals surface area contributed by atoms with E-state index in [1.54, 1.807) is 0 Å². The van der Waals surface area contributed by atoms with E-state index in [1.807, 2.05) is 0 Å². The molecule has 0 radical (unpaired) electrons. The number of hydrogen-bond acceptors (Lipinski definition) is 2. The zero-order chi connectivity index (χ0) is 15.8. The van der Waals surface area contributed by atoms with Crippen molar-refractivity contribution >= 4 is 11.8 Å². The molecule has 0 aromatic heterocycles. The van der Waals surface area contributed by atoms with Crippen LogP contribution in [0, 0.1) is 0 Å². The molecule has 3 heteroatoms. The van der Waals surface area contributed by atoms with Crippen molar-refractivity contribution in [1.82, 2.24) is 0 Å². The van der Waals surface area contributed by atoms with E-state index >= 15 is 0 Å². The average molecular weight is 296 g/mol. The second-order valence-electron chi connectivity index (χ2n) is 5.71. The molecule has 0 bridgehead atoms. The summed E-state index contributed by atoms with van der Waals surface area (Å²) in [6.45, 7) is 2.19. The van der Waals surface area contributed by atoms with Gasteiger partial charge in [0.25, 0.3) is 0 Å². The minimum atomic E-state index is -0.714. The van der Waals surface area contributed by atoms with Gasteiger partial charge in [-0.25, -0.2) is 0 Å². The predicted molar refractivity (Wildman–Crippen MR) is 87.5 cm³/mol. The van der Waals surface area contributed by atoms with Gasteiger partial charge >= 0.3 is 5.97 Å². The number of ketones is 1. The fraction of sp³-hybridized carbons (Fsp3) is 0.778. The monoisotopic (exact) mass is 296 g/mol. The molecule has 0 saturated heterocycles. The number of carbonyl (C=O) groups is 2. The molecular weight excluding hydrogens is 264 g/mol. The molecule has 122 valence electrons. The lowest BCUT2D eigenvalue weighted by Crippen LogP contribution is -1.97. The number of carboxylic acid groups (broad SMARTS) is 1. The van der Waals surface area contributed by atoms with E-state index in [2.05, 4.69) is 19.1 Å². The largest absolute Gasteiger partial charge is 0.481 e. The standard InChI is InChI=1S/C18H32O3/c1-2-3-4-5-6-8-11-14-17(19)15-12-9-7-10-13-16-18(20)21/h5-6H,2-4,7-16H2,1H3,(H,20,21)/b6-5-. The van der Waals surface area contributed by atoms with E-state index in [9.17, 15) is 9.59 Å². The van der Waals surface area contributed by atoms with Crippen molar-refractivity contribution in [2.24, 2.45) is 0 Å². The zero-order valence-electron chi connectivity index (χ0n) is 13.6. The lowest BCUT2D eigenvalue weighted by atomic mass is 10.0. The molecule has 0 rings (SSSR count). The van der Waals surface area contributed by atoms with Gasteiger partial charge in [-0.3, -0.25) is 9.59 Å². The van der Waals surface area contributed by atoms with E-state index in [4.69, 9.17) is 5.11 Å². The van der Waals surface area contributed by atoms with Gasteiger partial charge in [0.2, 0.25) is 0 Å². The summed E-state index contributed by atoms with van der Waals surface area (Å²) >= 11 is 0. The van der Waals surface area contributed by atoms with Crippen LogP contribution in [0.3, 0.4) is 0 Å². The summed E-state index contributed by atoms with van der Waals surface area (Å²) in [5.41, 5.74) is 0. The average Bonchev–Trinajstić information content (AvgIpc) is 2.45. The van der Waals surface area contributed by atoms with Crippen molar-refractivity contribution in [3.63, 3.8) is 0 Å². The maximum Gasteiger partial charge on any atom is 0.303 e. The number of carbonyl (C=O) groups excluding carboxylic acids is 1. The van der Waals surface area contributed by atoms with E-state index in [0.29, 0.717) is 18.6 Å². The number of carboxylic acids is 1. The maximum atomic E-state index is 11.7. The van der Waals surface area contributed by atoms with E-state index in [1.165, 1.54) is 12.8 Å². The Bertz CT molecular complexity index is 295. The maximum absolute atomic E-state index is 11.7. The summed E-state index contributed by atoms with van der Waals surface area (Å²) in [5, 5.41) is 8.50. The van der Waals surface area contributed by atoms with Crippen LogP contribution in [0.2, 0.25) is 0 Å². The summed E-state index contributed by atoms with van der Waals surface area (Å²) in [5.74, 6) is -0.337. The van der Waals surface area contributed by atoms with Crippen molar-refractivity contribution in [2.75, 3.05) is 0 Å². The highest BCUT2D eigenvalue weighted by atomic mass is 16.4. The van der Waals surface area contributed by atoms with Crippen LogP contribution < -0.4 is 0 Å². The third-order valence-corrected chi connectivity index (χ3v) is 3.56. The molecule has 0 spiro atoms. The Hall–Kier alpha value is -1.12. The molecule has 0 aliphatic heterocycles. The molecule has 0 aliphatic rings. The van der Waals surface area contributed by atoms with Crippen LogP contribution in [-0.4, -0.2) is 16.9 Å². The van der Waals surface area contributed by atoms with E-state index in [-0.39, 0.29) is 6.42 Å². The first-order valence-corrected chi connectivity index (χ1v) is 8.55. The van der Waals surface area contributed by atoms with Crippen LogP contribution in [-0.2, 0) is 9.59 Å². The van der Waals surface area contributed by atoms with Gasteiger partial charge in [-0.1, -0.05) is 51.2 Å². The third kappa shape index (κ3) is 16.8. The van der Waals surface area contributed by atoms with Gasteiger partial charge in [0.15, 0.2) is 0 Å². The normalized spacial score (nSPS) is 11.1. The minimum Gasteiger partial charge on any atom is -0.481 e. The molecule has 0 heterocycles. The minimum absolute atomic E-state index is 0.269. The summed E-state index contributed by atoms with van der Waals surface area (Å²) in [6, 6.07) is 0. The first kappa shape index (κ1) is 19.9. The fourth-order valence-electron chi connectivity index (χ4n) is 2.23. The Morgan fingerprint density at radius 3 is 1.90 bits per heavy atom. The second kappa shape index (κ2) is 15.3. The Morgan fingerprint density at radius 1 is 0.762 bits per heavy atom. The third-order valence-electron chi connectivity index (χ3n) is 3.56. The first-order chi connectivity index (χ1) is 10.2. The molecule has 21 heavy (non-hydrogen) atoms. The Labute approximate surface area is 129 Å². The highest BCUT2D eigenvalue weighted by Crippen LogP contribution is 2.09. The quantitative estimate of drug-likeness (QED) is 0.330. The van der Waals surface area contributed by atoms with Gasteiger partial charge in [0.05, 0.1) is 0 Å². The number of aliphatic carboxylic acids is 1. The van der Waals surface area contributed by atoms with Gasteiger partial charge in [-0.2, -0.15) is 0 Å². The SMILES string of the molecule is CCCC/C=C\CCCC(=O)CCCCCCCC(=O)O. The molecule has 0 fully saturated rings. The topological polar surface area (TPSA) is 54.4 Å². The van der Waals surface area contributed by atoms with Crippen molar-refractivity contribution in [3.05, 3.63) is 12.2 Å². The molecule has 0 aromatic carbocycles. The van der Waals surface area contributed by atoms with Crippen LogP contribution in [0.15, 0.2) is 12.2 Å². The molecule has 0 aliphatic carbocycles. The highest BCUT2D eigenvalue weighted by molar-refractivity contribution is 5.78. The number of hydrogen-bond donors (Lipinski definition) is 1. The molecule has 3 nitrogen and oxygen atoms in total. The lowest BCUT2D eigenvalue weighted by Gasteiger charge is -2.01. The van der Waals surface area contributed by atoms with Crippen molar-refractivity contribution in [1.29, 1.82) is 0 Å². The molecule has 1 N–H and O–H groups in total. The van der Waals surface area contributed by atoms with Gasteiger partial charge in [-0.15, -0.1) is 0 Å². The number of rotatable bonds is 15. The predicted octanol–water partition coefficient (Wildman–Crippen LogP) is 5.29. The molecular formula is C18H32O3. The first-order valence-electron chi connectivity index (χ1n) is 8.55. The smallest absolute Gasteiger partial charge is 0.303 e. The number of unbranched alkanes of at least 4 members (excludes halogenated alkanes) is 7. The fourth-order valence-corrected chi connectivity index (χ4v) is 2.23. The van der Waals surface area contributed by atoms with Crippen molar-refractivity contribution in [3.8, 4) is 0 Å². The Kier molecular flexibility index (Phi) is 14.5. The van der Waals surface area contributed by atoms with Gasteiger partial charge in [0.1, 0.15) is 5.78 Å². The second-order valence-corrected chi connectivity index (χ2v) is 5.71. The van der Waals surface area contributed by atoms with Gasteiger partial charge in [-0.05, 0) is 32.1 Å². The molecule has 0 atom stereocenters. The van der Waals surface area contributed by atoms with Crippen molar-refractivity contribution in [2.45, 2.75) is 90.4 Å². The number of Topliss-reactive ketones (excluding diaryl/α,β-unsaturated/α-hetero) is 1. The van der Waals surface area contributed by atoms with Crippen LogP contribution in [0.5, 0.6) is 0 Å². The van der Waals surface area contributed by atoms with Crippen LogP contribution in [0.4, 0.5) is 0 Å². The molecule has 0 saturated carbocycles. The molecule has 0 unspecified atom stereocenters. The number of allylic oxidation sites excluding steroid dienone is 2. The summed E-state index contributed by atoms with van der Waals surface area (Å²) < 4.78 is 0. The van der Waals surface area contributed by atoms with Crippen LogP contribution in [0.1, 0.15) is 90.4 Å².